The number of rotatable bonds is 5. The molecular formula is C20H18BrN3O3. The largest absolute Gasteiger partial charge is 0.496 e. The minimum absolute atomic E-state index is 0.224. The van der Waals surface area contributed by atoms with E-state index in [2.05, 4.69) is 22.0 Å². The number of aryl methyl sites for hydroxylation is 1. The van der Waals surface area contributed by atoms with E-state index in [0.29, 0.717) is 23.9 Å². The van der Waals surface area contributed by atoms with Crippen molar-refractivity contribution < 1.29 is 13.9 Å². The number of carbonyl (C=O) groups excluding carboxylic acids is 1. The molecule has 7 heteroatoms. The van der Waals surface area contributed by atoms with Crippen molar-refractivity contribution in [1.82, 2.24) is 9.47 Å². The first-order chi connectivity index (χ1) is 13.0. The molecule has 3 aromatic rings. The number of carbonyl (C=O) groups is 1. The highest BCUT2D eigenvalue weighted by Crippen LogP contribution is 2.28. The zero-order valence-corrected chi connectivity index (χ0v) is 16.8. The first-order valence-corrected chi connectivity index (χ1v) is 9.00. The summed E-state index contributed by atoms with van der Waals surface area (Å²) in [6, 6.07) is 11.4. The molecule has 0 bridgehead atoms. The van der Waals surface area contributed by atoms with Crippen LogP contribution in [0.2, 0.25) is 0 Å². The van der Waals surface area contributed by atoms with E-state index in [0.717, 1.165) is 10.0 Å². The number of aromatic nitrogens is 1. The van der Waals surface area contributed by atoms with Crippen molar-refractivity contribution >= 4 is 21.8 Å². The van der Waals surface area contributed by atoms with Gasteiger partial charge in [0.25, 0.3) is 5.91 Å². The van der Waals surface area contributed by atoms with Crippen LogP contribution in [0.5, 0.6) is 5.75 Å². The first kappa shape index (κ1) is 18.8. The number of amides is 1. The molecule has 3 rings (SSSR count). The lowest BCUT2D eigenvalue weighted by Crippen LogP contribution is -2.27. The molecule has 6 nitrogen and oxygen atoms in total. The van der Waals surface area contributed by atoms with E-state index in [1.807, 2.05) is 30.3 Å². The molecule has 1 amide bonds. The summed E-state index contributed by atoms with van der Waals surface area (Å²) in [5.74, 6) is 1.16. The van der Waals surface area contributed by atoms with E-state index >= 15 is 0 Å². The molecule has 0 radical (unpaired) electrons. The van der Waals surface area contributed by atoms with Gasteiger partial charge >= 0.3 is 0 Å². The molecule has 138 valence electrons. The number of furan rings is 1. The summed E-state index contributed by atoms with van der Waals surface area (Å²) in [6.45, 7) is 2.02. The molecule has 0 unspecified atom stereocenters. The average Bonchev–Trinajstić information content (AvgIpc) is 3.28. The number of nitrogens with zero attached hydrogens (tertiary/aromatic N) is 3. The van der Waals surface area contributed by atoms with Crippen molar-refractivity contribution in [3.05, 3.63) is 69.6 Å². The highest BCUT2D eigenvalue weighted by atomic mass is 79.9. The molecule has 27 heavy (non-hydrogen) atoms. The minimum atomic E-state index is -0.284. The second-order valence-electron chi connectivity index (χ2n) is 6.03. The van der Waals surface area contributed by atoms with E-state index in [1.54, 1.807) is 42.9 Å². The summed E-state index contributed by atoms with van der Waals surface area (Å²) in [5.41, 5.74) is 1.35. The zero-order chi connectivity index (χ0) is 19.6. The van der Waals surface area contributed by atoms with Crippen molar-refractivity contribution in [2.24, 2.45) is 0 Å². The summed E-state index contributed by atoms with van der Waals surface area (Å²) in [4.78, 5) is 14.6. The van der Waals surface area contributed by atoms with Gasteiger partial charge in [0, 0.05) is 36.0 Å². The van der Waals surface area contributed by atoms with Crippen LogP contribution in [0.25, 0.3) is 5.88 Å². The average molecular weight is 428 g/mol. The third-order valence-electron chi connectivity index (χ3n) is 4.23. The summed E-state index contributed by atoms with van der Waals surface area (Å²) >= 11 is 3.44. The quantitative estimate of drug-likeness (QED) is 0.608. The molecule has 0 spiro atoms. The molecule has 0 aliphatic carbocycles. The molecule has 0 N–H and O–H groups in total. The maximum Gasteiger partial charge on any atom is 0.258 e. The minimum Gasteiger partial charge on any atom is -0.496 e. The number of methoxy groups -OCH3 is 1. The van der Waals surface area contributed by atoms with Gasteiger partial charge in [0.2, 0.25) is 5.88 Å². The molecule has 2 aromatic heterocycles. The normalized spacial score (nSPS) is 10.5. The number of hydrogen-bond acceptors (Lipinski definition) is 4. The molecule has 0 atom stereocenters. The number of nitriles is 1. The monoisotopic (exact) mass is 427 g/mol. The maximum atomic E-state index is 13.1. The van der Waals surface area contributed by atoms with Gasteiger partial charge in [-0.3, -0.25) is 9.36 Å². The Kier molecular flexibility index (Phi) is 5.38. The van der Waals surface area contributed by atoms with Gasteiger partial charge in [0.15, 0.2) is 0 Å². The predicted octanol–water partition coefficient (Wildman–Crippen LogP) is 4.29. The Hall–Kier alpha value is -2.98. The first-order valence-electron chi connectivity index (χ1n) is 8.21. The SMILES string of the molecule is COc1ccc(Br)cc1CN(C)C(=O)c1c(C)oc(-n2cccc2)c1C#N. The molecule has 1 aromatic carbocycles. The molecule has 0 saturated carbocycles. The Morgan fingerprint density at radius 3 is 2.70 bits per heavy atom. The number of hydrogen-bond donors (Lipinski definition) is 0. The Labute approximate surface area is 165 Å². The third kappa shape index (κ3) is 3.62. The highest BCUT2D eigenvalue weighted by Gasteiger charge is 2.27. The van der Waals surface area contributed by atoms with Gasteiger partial charge in [-0.1, -0.05) is 15.9 Å². The van der Waals surface area contributed by atoms with Gasteiger partial charge in [0.05, 0.1) is 7.11 Å². The van der Waals surface area contributed by atoms with Gasteiger partial charge in [0.1, 0.15) is 28.7 Å². The molecular weight excluding hydrogens is 410 g/mol. The summed E-state index contributed by atoms with van der Waals surface area (Å²) in [6.07, 6.45) is 3.53. The third-order valence-corrected chi connectivity index (χ3v) is 4.72. The number of ether oxygens (including phenoxy) is 1. The second kappa shape index (κ2) is 7.72. The molecule has 0 fully saturated rings. The number of halogens is 1. The van der Waals surface area contributed by atoms with E-state index in [-0.39, 0.29) is 17.0 Å². The lowest BCUT2D eigenvalue weighted by atomic mass is 10.1. The Morgan fingerprint density at radius 1 is 1.37 bits per heavy atom. The van der Waals surface area contributed by atoms with E-state index in [9.17, 15) is 10.1 Å². The van der Waals surface area contributed by atoms with Crippen molar-refractivity contribution in [1.29, 1.82) is 5.26 Å². The van der Waals surface area contributed by atoms with Crippen molar-refractivity contribution in [3.63, 3.8) is 0 Å². The molecule has 0 saturated heterocycles. The van der Waals surface area contributed by atoms with Crippen LogP contribution in [0, 0.1) is 18.3 Å². The topological polar surface area (TPSA) is 71.4 Å². The van der Waals surface area contributed by atoms with Gasteiger partial charge < -0.3 is 14.1 Å². The summed E-state index contributed by atoms with van der Waals surface area (Å²) in [5, 5.41) is 9.63. The fourth-order valence-electron chi connectivity index (χ4n) is 2.93. The van der Waals surface area contributed by atoms with E-state index in [1.165, 1.54) is 0 Å². The zero-order valence-electron chi connectivity index (χ0n) is 15.2. The van der Waals surface area contributed by atoms with Crippen molar-refractivity contribution in [2.75, 3.05) is 14.2 Å². The fourth-order valence-corrected chi connectivity index (χ4v) is 3.34. The van der Waals surface area contributed by atoms with Crippen LogP contribution in [0.3, 0.4) is 0 Å². The van der Waals surface area contributed by atoms with Gasteiger partial charge in [-0.05, 0) is 37.3 Å². The summed E-state index contributed by atoms with van der Waals surface area (Å²) in [7, 11) is 3.28. The van der Waals surface area contributed by atoms with Crippen LogP contribution < -0.4 is 4.74 Å². The van der Waals surface area contributed by atoms with Crippen LogP contribution in [-0.4, -0.2) is 29.5 Å². The van der Waals surface area contributed by atoms with Crippen LogP contribution in [0.1, 0.15) is 27.2 Å². The standard InChI is InChI=1S/C20H18BrN3O3/c1-13-18(16(11-22)20(27-13)24-8-4-5-9-24)19(25)23(2)12-14-10-15(21)6-7-17(14)26-3/h4-10H,12H2,1-3H3. The van der Waals surface area contributed by atoms with Gasteiger partial charge in [-0.2, -0.15) is 5.26 Å². The smallest absolute Gasteiger partial charge is 0.258 e. The van der Waals surface area contributed by atoms with Crippen LogP contribution in [0.15, 0.2) is 51.6 Å². The molecule has 0 aliphatic rings. The van der Waals surface area contributed by atoms with Crippen LogP contribution in [0.4, 0.5) is 0 Å². The van der Waals surface area contributed by atoms with Crippen molar-refractivity contribution in [3.8, 4) is 17.7 Å². The van der Waals surface area contributed by atoms with Crippen LogP contribution in [-0.2, 0) is 6.54 Å². The maximum absolute atomic E-state index is 13.1. The fraction of sp³-hybridized carbons (Fsp3) is 0.200. The summed E-state index contributed by atoms with van der Waals surface area (Å²) < 4.78 is 13.7. The van der Waals surface area contributed by atoms with Gasteiger partial charge in [-0.25, -0.2) is 0 Å². The lowest BCUT2D eigenvalue weighted by molar-refractivity contribution is 0.0782. The Bertz CT molecular complexity index is 1020. The Morgan fingerprint density at radius 2 is 2.07 bits per heavy atom. The van der Waals surface area contributed by atoms with Crippen molar-refractivity contribution in [2.45, 2.75) is 13.5 Å². The number of benzene rings is 1. The van der Waals surface area contributed by atoms with Gasteiger partial charge in [-0.15, -0.1) is 0 Å². The Balaban J connectivity index is 1.95. The molecule has 2 heterocycles. The van der Waals surface area contributed by atoms with Crippen LogP contribution >= 0.6 is 15.9 Å². The lowest BCUT2D eigenvalue weighted by Gasteiger charge is -2.19. The van der Waals surface area contributed by atoms with E-state index in [4.69, 9.17) is 9.15 Å². The highest BCUT2D eigenvalue weighted by molar-refractivity contribution is 9.10. The second-order valence-corrected chi connectivity index (χ2v) is 6.95. The predicted molar refractivity (Wildman–Crippen MR) is 104 cm³/mol. The van der Waals surface area contributed by atoms with E-state index < -0.39 is 0 Å². The molecule has 0 aliphatic heterocycles.